The summed E-state index contributed by atoms with van der Waals surface area (Å²) in [6, 6.07) is 9.37. The molecule has 0 aliphatic heterocycles. The summed E-state index contributed by atoms with van der Waals surface area (Å²) in [7, 11) is 0. The van der Waals surface area contributed by atoms with Crippen molar-refractivity contribution in [2.75, 3.05) is 6.61 Å². The number of esters is 1. The number of hydrogen-bond donors (Lipinski definition) is 1. The highest BCUT2D eigenvalue weighted by molar-refractivity contribution is 6.30. The molecule has 3 aliphatic carbocycles. The predicted octanol–water partition coefficient (Wildman–Crippen LogP) is 2.22. The number of ether oxygens (including phenoxy) is 1. The Balaban J connectivity index is 1.84. The zero-order valence-corrected chi connectivity index (χ0v) is 13.1. The molecule has 120 valence electrons. The van der Waals surface area contributed by atoms with E-state index in [1.807, 2.05) is 30.3 Å². The molecule has 0 aromatic heterocycles. The third kappa shape index (κ3) is 2.01. The zero-order chi connectivity index (χ0) is 16.1. The minimum atomic E-state index is -0.413. The Hall–Kier alpha value is -1.94. The van der Waals surface area contributed by atoms with Gasteiger partial charge >= 0.3 is 5.97 Å². The molecule has 0 saturated heterocycles. The maximum Gasteiger partial charge on any atom is 0.335 e. The number of rotatable bonds is 3. The molecular formula is C19H20O4. The Kier molecular flexibility index (Phi) is 3.38. The Morgan fingerprint density at radius 3 is 2.65 bits per heavy atom. The summed E-state index contributed by atoms with van der Waals surface area (Å²) >= 11 is 0. The molecule has 1 N–H and O–H groups in total. The summed E-state index contributed by atoms with van der Waals surface area (Å²) in [6.07, 6.45) is 1.11. The van der Waals surface area contributed by atoms with E-state index in [0.29, 0.717) is 24.2 Å². The fraction of sp³-hybridized carbons (Fsp3) is 0.474. The average Bonchev–Trinajstić information content (AvgIpc) is 3.18. The van der Waals surface area contributed by atoms with Crippen LogP contribution in [0.2, 0.25) is 0 Å². The third-order valence-electron chi connectivity index (χ3n) is 5.68. The van der Waals surface area contributed by atoms with E-state index in [9.17, 15) is 14.7 Å². The molecule has 0 radical (unpaired) electrons. The van der Waals surface area contributed by atoms with Gasteiger partial charge in [-0.2, -0.15) is 0 Å². The first-order valence-electron chi connectivity index (χ1n) is 8.32. The van der Waals surface area contributed by atoms with Gasteiger partial charge in [0.25, 0.3) is 0 Å². The number of benzene rings is 1. The van der Waals surface area contributed by atoms with Gasteiger partial charge in [0.1, 0.15) is 0 Å². The van der Waals surface area contributed by atoms with Gasteiger partial charge in [-0.25, -0.2) is 4.79 Å². The lowest BCUT2D eigenvalue weighted by molar-refractivity contribution is -0.139. The Labute approximate surface area is 135 Å². The van der Waals surface area contributed by atoms with Crippen LogP contribution in [0.15, 0.2) is 35.9 Å². The lowest BCUT2D eigenvalue weighted by Crippen LogP contribution is -2.34. The number of hydrogen-bond acceptors (Lipinski definition) is 4. The number of aliphatic hydroxyl groups is 1. The molecular weight excluding hydrogens is 292 g/mol. The van der Waals surface area contributed by atoms with Gasteiger partial charge in [-0.3, -0.25) is 4.79 Å². The molecule has 4 heteroatoms. The second-order valence-electron chi connectivity index (χ2n) is 6.75. The van der Waals surface area contributed by atoms with Crippen LogP contribution in [0.4, 0.5) is 0 Å². The molecule has 4 nitrogen and oxygen atoms in total. The predicted molar refractivity (Wildman–Crippen MR) is 84.2 cm³/mol. The highest BCUT2D eigenvalue weighted by Gasteiger charge is 2.61. The average molecular weight is 312 g/mol. The van der Waals surface area contributed by atoms with Gasteiger partial charge < -0.3 is 9.84 Å². The minimum Gasteiger partial charge on any atom is -0.463 e. The maximum atomic E-state index is 13.1. The topological polar surface area (TPSA) is 63.6 Å². The van der Waals surface area contributed by atoms with E-state index in [1.54, 1.807) is 6.92 Å². The van der Waals surface area contributed by atoms with Crippen molar-refractivity contribution in [2.45, 2.75) is 25.9 Å². The number of carbonyl (C=O) groups excluding carboxylic acids is 2. The Morgan fingerprint density at radius 2 is 1.96 bits per heavy atom. The van der Waals surface area contributed by atoms with E-state index in [2.05, 4.69) is 0 Å². The quantitative estimate of drug-likeness (QED) is 0.869. The van der Waals surface area contributed by atoms with Crippen LogP contribution >= 0.6 is 0 Å². The van der Waals surface area contributed by atoms with E-state index in [0.717, 1.165) is 12.0 Å². The standard InChI is InChI=1S/C19H20O4/c1-2-23-19(22)17-14-11-8-12(13(20)9-11)16(14)18(21)15(17)10-6-4-3-5-7-10/h3-7,11-14,16,20H,2,8-9H2,1H3/t11-,12+,13-,14-,16+/m0/s1. The highest BCUT2D eigenvalue weighted by atomic mass is 16.5. The van der Waals surface area contributed by atoms with Crippen molar-refractivity contribution in [3.8, 4) is 0 Å². The van der Waals surface area contributed by atoms with Crippen LogP contribution in [0, 0.1) is 23.7 Å². The number of ketones is 1. The molecule has 0 amide bonds. The monoisotopic (exact) mass is 312 g/mol. The maximum absolute atomic E-state index is 13.1. The minimum absolute atomic E-state index is 0.00973. The number of fused-ring (bicyclic) bond motifs is 5. The van der Waals surface area contributed by atoms with Crippen LogP contribution in [0.25, 0.3) is 5.57 Å². The summed E-state index contributed by atoms with van der Waals surface area (Å²) in [5.74, 6) is -0.485. The first kappa shape index (κ1) is 14.6. The number of carbonyl (C=O) groups is 2. The highest BCUT2D eigenvalue weighted by Crippen LogP contribution is 2.60. The van der Waals surface area contributed by atoms with Gasteiger partial charge in [0, 0.05) is 17.4 Å². The summed E-state index contributed by atoms with van der Waals surface area (Å²) in [4.78, 5) is 25.6. The summed E-state index contributed by atoms with van der Waals surface area (Å²) in [5, 5.41) is 10.2. The summed E-state index contributed by atoms with van der Waals surface area (Å²) < 4.78 is 5.26. The molecule has 2 fully saturated rings. The molecule has 2 bridgehead atoms. The lowest BCUT2D eigenvalue weighted by Gasteiger charge is -2.28. The van der Waals surface area contributed by atoms with Crippen molar-refractivity contribution in [1.29, 1.82) is 0 Å². The van der Waals surface area contributed by atoms with Crippen LogP contribution in [-0.4, -0.2) is 29.6 Å². The fourth-order valence-electron chi connectivity index (χ4n) is 4.91. The molecule has 23 heavy (non-hydrogen) atoms. The first-order valence-corrected chi connectivity index (χ1v) is 8.32. The Bertz CT molecular complexity index is 691. The van der Waals surface area contributed by atoms with E-state index >= 15 is 0 Å². The lowest BCUT2D eigenvalue weighted by atomic mass is 9.77. The van der Waals surface area contributed by atoms with E-state index < -0.39 is 6.10 Å². The van der Waals surface area contributed by atoms with E-state index in [1.165, 1.54) is 0 Å². The largest absolute Gasteiger partial charge is 0.463 e. The van der Waals surface area contributed by atoms with Gasteiger partial charge in [0.05, 0.1) is 18.3 Å². The van der Waals surface area contributed by atoms with Crippen LogP contribution in [0.1, 0.15) is 25.3 Å². The normalized spacial score (nSPS) is 34.9. The molecule has 0 unspecified atom stereocenters. The zero-order valence-electron chi connectivity index (χ0n) is 13.1. The van der Waals surface area contributed by atoms with Gasteiger partial charge in [0.15, 0.2) is 5.78 Å². The van der Waals surface area contributed by atoms with Crippen molar-refractivity contribution in [1.82, 2.24) is 0 Å². The van der Waals surface area contributed by atoms with Crippen LogP contribution < -0.4 is 0 Å². The molecule has 1 aromatic rings. The number of aliphatic hydroxyl groups excluding tert-OH is 1. The number of Topliss-reactive ketones (excluding diaryl/α,β-unsaturated/α-hetero) is 1. The molecule has 4 rings (SSSR count). The molecule has 0 spiro atoms. The van der Waals surface area contributed by atoms with Crippen LogP contribution in [0.3, 0.4) is 0 Å². The van der Waals surface area contributed by atoms with E-state index in [-0.39, 0.29) is 35.4 Å². The second kappa shape index (κ2) is 5.31. The summed E-state index contributed by atoms with van der Waals surface area (Å²) in [5.41, 5.74) is 1.85. The van der Waals surface area contributed by atoms with Gasteiger partial charge in [0.2, 0.25) is 0 Å². The fourth-order valence-corrected chi connectivity index (χ4v) is 4.91. The third-order valence-corrected chi connectivity index (χ3v) is 5.68. The van der Waals surface area contributed by atoms with E-state index in [4.69, 9.17) is 4.74 Å². The van der Waals surface area contributed by atoms with Crippen LogP contribution in [0.5, 0.6) is 0 Å². The van der Waals surface area contributed by atoms with Crippen molar-refractivity contribution in [3.05, 3.63) is 41.5 Å². The molecule has 5 atom stereocenters. The summed E-state index contributed by atoms with van der Waals surface area (Å²) in [6.45, 7) is 2.08. The molecule has 2 saturated carbocycles. The van der Waals surface area contributed by atoms with Gasteiger partial charge in [-0.05, 0) is 37.2 Å². The van der Waals surface area contributed by atoms with Crippen molar-refractivity contribution in [2.24, 2.45) is 23.7 Å². The van der Waals surface area contributed by atoms with Crippen molar-refractivity contribution >= 4 is 17.3 Å². The molecule has 3 aliphatic rings. The smallest absolute Gasteiger partial charge is 0.335 e. The molecule has 0 heterocycles. The Morgan fingerprint density at radius 1 is 1.22 bits per heavy atom. The first-order chi connectivity index (χ1) is 11.1. The van der Waals surface area contributed by atoms with Gasteiger partial charge in [-0.1, -0.05) is 30.3 Å². The second-order valence-corrected chi connectivity index (χ2v) is 6.75. The SMILES string of the molecule is CCOC(=O)C1=C(c2ccccc2)C(=O)[C@@H]2[C@@H]3C[C@@H](C[C@@H]3O)[C@H]12. The van der Waals surface area contributed by atoms with Crippen molar-refractivity contribution < 1.29 is 19.4 Å². The van der Waals surface area contributed by atoms with Crippen molar-refractivity contribution in [3.63, 3.8) is 0 Å². The number of allylic oxidation sites excluding steroid dienone is 1. The van der Waals surface area contributed by atoms with Gasteiger partial charge in [-0.15, -0.1) is 0 Å². The molecule has 1 aromatic carbocycles. The van der Waals surface area contributed by atoms with Crippen LogP contribution in [-0.2, 0) is 14.3 Å².